The number of fused-ring (bicyclic) bond motifs is 10. The molecule has 0 aromatic carbocycles. The lowest BCUT2D eigenvalue weighted by Gasteiger charge is -2.71. The van der Waals surface area contributed by atoms with Crippen LogP contribution in [0.2, 0.25) is 0 Å². The maximum atomic E-state index is 13.2. The zero-order chi connectivity index (χ0) is 50.1. The maximum Gasteiger partial charge on any atom is 0.335 e. The first-order valence-electron chi connectivity index (χ1n) is 24.8. The molecule has 9 rings (SSSR count). The molecule has 9 aliphatic rings. The normalized spacial score (nSPS) is 55.8. The van der Waals surface area contributed by atoms with Crippen LogP contribution < -0.4 is 0 Å². The maximum absolute atomic E-state index is 13.2. The van der Waals surface area contributed by atoms with Crippen molar-refractivity contribution in [2.24, 2.45) is 50.2 Å². The summed E-state index contributed by atoms with van der Waals surface area (Å²) in [6.07, 6.45) is -18.1. The number of allylic oxidation sites excluding steroid dienone is 2. The van der Waals surface area contributed by atoms with E-state index in [-0.39, 0.29) is 64.6 Å². The van der Waals surface area contributed by atoms with E-state index < -0.39 is 122 Å². The number of aliphatic carboxylic acids is 1. The molecule has 9 N–H and O–H groups in total. The van der Waals surface area contributed by atoms with E-state index in [0.29, 0.717) is 12.8 Å². The summed E-state index contributed by atoms with van der Waals surface area (Å²) in [5.41, 5.74) is -0.743. The van der Waals surface area contributed by atoms with Crippen LogP contribution in [-0.2, 0) is 52.3 Å². The van der Waals surface area contributed by atoms with Gasteiger partial charge in [-0.05, 0) is 99.2 Å². The van der Waals surface area contributed by atoms with E-state index in [4.69, 9.17) is 37.9 Å². The van der Waals surface area contributed by atoms with E-state index in [1.807, 2.05) is 6.92 Å². The monoisotopic (exact) mass is 982 g/mol. The molecule has 4 saturated heterocycles. The van der Waals surface area contributed by atoms with Crippen molar-refractivity contribution in [2.75, 3.05) is 13.2 Å². The lowest BCUT2D eigenvalue weighted by molar-refractivity contribution is -0.395. The number of carboxylic acid groups (broad SMARTS) is 1. The zero-order valence-electron chi connectivity index (χ0n) is 40.5. The third kappa shape index (κ3) is 7.62. The van der Waals surface area contributed by atoms with Crippen LogP contribution in [0.25, 0.3) is 0 Å². The SMILES string of the molecule is C[C@@H]1O[C@@H](O[C@H]2[C@H](O[C@H]3[C@H](O[C@H]4CC[C@@]5(C)[C@@H](CC[C@]6(C)[C@@H]5CC=C5[C@@H]7C[C@]8(C)C[C@@H](OC8=O)[C@]7(C)CC[C@]56C)[C@@]4(C)CO)O[C@H](C(=O)O)[C@@H](O)[C@@H]3O)O[C@H](CO)[C@H](O)[C@@H]2OC=O)[C@H](O)[C@H](O)[C@H]1O. The third-order valence-corrected chi connectivity index (χ3v) is 20.2. The quantitative estimate of drug-likeness (QED) is 0.0587. The molecule has 0 spiro atoms. The summed E-state index contributed by atoms with van der Waals surface area (Å²) in [5, 5.41) is 97.8. The van der Waals surface area contributed by atoms with Gasteiger partial charge in [-0.2, -0.15) is 0 Å². The Morgan fingerprint density at radius 3 is 2.10 bits per heavy atom. The first kappa shape index (κ1) is 51.5. The average molecular weight is 983 g/mol. The van der Waals surface area contributed by atoms with Gasteiger partial charge in [-0.15, -0.1) is 0 Å². The van der Waals surface area contributed by atoms with Gasteiger partial charge >= 0.3 is 11.9 Å². The molecule has 20 heteroatoms. The molecular formula is C49H74O20. The molecule has 4 aliphatic heterocycles. The highest BCUT2D eigenvalue weighted by molar-refractivity contribution is 5.79. The Bertz CT molecular complexity index is 2010. The van der Waals surface area contributed by atoms with E-state index >= 15 is 0 Å². The van der Waals surface area contributed by atoms with Crippen molar-refractivity contribution in [3.8, 4) is 0 Å². The fourth-order valence-corrected chi connectivity index (χ4v) is 15.7. The Morgan fingerprint density at radius 1 is 0.739 bits per heavy atom. The predicted octanol–water partition coefficient (Wildman–Crippen LogP) is 0.430. The van der Waals surface area contributed by atoms with Gasteiger partial charge in [-0.25, -0.2) is 4.79 Å². The number of carbonyl (C=O) groups is 3. The molecule has 26 atom stereocenters. The number of carboxylic acids is 1. The van der Waals surface area contributed by atoms with Crippen LogP contribution in [0.3, 0.4) is 0 Å². The number of aliphatic hydroxyl groups is 8. The Kier molecular flexibility index (Phi) is 13.4. The molecule has 0 amide bonds. The van der Waals surface area contributed by atoms with Crippen molar-refractivity contribution >= 4 is 18.4 Å². The van der Waals surface area contributed by atoms with E-state index in [2.05, 4.69) is 40.7 Å². The molecule has 0 unspecified atom stereocenters. The van der Waals surface area contributed by atoms with Crippen molar-refractivity contribution < 1.29 is 98.2 Å². The average Bonchev–Trinajstić information content (AvgIpc) is 3.57. The molecule has 69 heavy (non-hydrogen) atoms. The molecule has 20 nitrogen and oxygen atoms in total. The molecule has 390 valence electrons. The lowest BCUT2D eigenvalue weighted by atomic mass is 9.33. The van der Waals surface area contributed by atoms with Crippen molar-refractivity contribution in [1.29, 1.82) is 0 Å². The van der Waals surface area contributed by atoms with E-state index in [0.717, 1.165) is 44.9 Å². The van der Waals surface area contributed by atoms with Gasteiger partial charge in [0.2, 0.25) is 0 Å². The van der Waals surface area contributed by atoms with E-state index in [1.165, 1.54) is 12.5 Å². The Morgan fingerprint density at radius 2 is 1.43 bits per heavy atom. The number of ether oxygens (including phenoxy) is 8. The van der Waals surface area contributed by atoms with Crippen LogP contribution in [0, 0.1) is 50.2 Å². The predicted molar refractivity (Wildman–Crippen MR) is 234 cm³/mol. The summed E-state index contributed by atoms with van der Waals surface area (Å²) in [7, 11) is 0. The Balaban J connectivity index is 1.00. The minimum absolute atomic E-state index is 0.0151. The summed E-state index contributed by atoms with van der Waals surface area (Å²) in [4.78, 5) is 37.6. The summed E-state index contributed by atoms with van der Waals surface area (Å²) in [6.45, 7) is 13.7. The smallest absolute Gasteiger partial charge is 0.335 e. The van der Waals surface area contributed by atoms with Crippen LogP contribution in [0.1, 0.15) is 106 Å². The van der Waals surface area contributed by atoms with Crippen LogP contribution in [0.15, 0.2) is 11.6 Å². The first-order chi connectivity index (χ1) is 32.4. The van der Waals surface area contributed by atoms with Gasteiger partial charge in [0.15, 0.2) is 37.2 Å². The highest BCUT2D eigenvalue weighted by Gasteiger charge is 2.72. The van der Waals surface area contributed by atoms with E-state index in [9.17, 15) is 60.3 Å². The molecule has 4 heterocycles. The van der Waals surface area contributed by atoms with Crippen LogP contribution in [0.5, 0.6) is 0 Å². The molecule has 0 radical (unpaired) electrons. The fourth-order valence-electron chi connectivity index (χ4n) is 15.7. The highest BCUT2D eigenvalue weighted by Crippen LogP contribution is 2.76. The van der Waals surface area contributed by atoms with Gasteiger partial charge in [-0.3, -0.25) is 9.59 Å². The highest BCUT2D eigenvalue weighted by atomic mass is 16.8. The minimum atomic E-state index is -2.10. The summed E-state index contributed by atoms with van der Waals surface area (Å²) >= 11 is 0. The second-order valence-corrected chi connectivity index (χ2v) is 23.6. The standard InChI is InChI=1S/C49H74O20/c1-21-29(53)31(55)34(58)40(63-21)69-38-35(62-20-52)30(54)24(18-50)64-42(38)68-37-33(57)32(56)36(39(59)60)67-41(37)65-27-11-12-46(4)25(47(27,5)19-51)10-13-49(7)26(46)9-8-22-23-16-44(2)17-28(66-43(44)61)45(23,3)14-15-48(22,49)6/h8,20-21,23-38,40-42,50-51,53-58H,9-19H2,1-7H3,(H,59,60)/t21-,23-,24+,25+,26+,27-,28+,29-,30-,31+,32-,33-,34+,35-,36-,37+,38+,40-,41+,42-,44+,45+,46-,47+,48+,49+/m0/s1. The molecule has 2 bridgehead atoms. The second-order valence-electron chi connectivity index (χ2n) is 23.6. The largest absolute Gasteiger partial charge is 0.479 e. The molecule has 5 aliphatic carbocycles. The Labute approximate surface area is 401 Å². The molecular weight excluding hydrogens is 909 g/mol. The number of hydrogen-bond acceptors (Lipinski definition) is 19. The van der Waals surface area contributed by atoms with Crippen LogP contribution in [0.4, 0.5) is 0 Å². The molecule has 8 fully saturated rings. The zero-order valence-corrected chi connectivity index (χ0v) is 40.5. The number of hydrogen-bond donors (Lipinski definition) is 9. The number of esters is 1. The molecule has 0 aromatic rings. The van der Waals surface area contributed by atoms with Crippen LogP contribution in [-0.4, -0.2) is 182 Å². The van der Waals surface area contributed by atoms with Gasteiger partial charge in [0.1, 0.15) is 54.9 Å². The van der Waals surface area contributed by atoms with Gasteiger partial charge in [0.05, 0.1) is 30.8 Å². The fraction of sp³-hybridized carbons (Fsp3) is 0.898. The Hall–Kier alpha value is -2.41. The van der Waals surface area contributed by atoms with Crippen molar-refractivity contribution in [1.82, 2.24) is 0 Å². The van der Waals surface area contributed by atoms with Crippen molar-refractivity contribution in [2.45, 2.75) is 211 Å². The third-order valence-electron chi connectivity index (χ3n) is 20.2. The van der Waals surface area contributed by atoms with Crippen molar-refractivity contribution in [3.05, 3.63) is 11.6 Å². The van der Waals surface area contributed by atoms with Gasteiger partial charge in [0, 0.05) is 17.3 Å². The number of carbonyl (C=O) groups excluding carboxylic acids is 2. The van der Waals surface area contributed by atoms with E-state index in [1.54, 1.807) is 0 Å². The second kappa shape index (κ2) is 17.9. The minimum Gasteiger partial charge on any atom is -0.479 e. The number of rotatable bonds is 11. The molecule has 4 saturated carbocycles. The topological polar surface area (TPSA) is 307 Å². The first-order valence-corrected chi connectivity index (χ1v) is 24.8. The molecule has 0 aromatic heterocycles. The lowest BCUT2D eigenvalue weighted by Crippen LogP contribution is -2.68. The summed E-state index contributed by atoms with van der Waals surface area (Å²) < 4.78 is 47.8. The van der Waals surface area contributed by atoms with Crippen molar-refractivity contribution in [3.63, 3.8) is 0 Å². The number of aliphatic hydroxyl groups excluding tert-OH is 8. The van der Waals surface area contributed by atoms with Crippen LogP contribution >= 0.6 is 0 Å². The van der Waals surface area contributed by atoms with Gasteiger partial charge < -0.3 is 83.9 Å². The summed E-state index contributed by atoms with van der Waals surface area (Å²) in [5.74, 6) is -1.40. The van der Waals surface area contributed by atoms with Gasteiger partial charge in [-0.1, -0.05) is 46.3 Å². The van der Waals surface area contributed by atoms with Gasteiger partial charge in [0.25, 0.3) is 6.47 Å². The summed E-state index contributed by atoms with van der Waals surface area (Å²) in [6, 6.07) is 0.